The number of hydrogen-bond donors (Lipinski definition) is 1. The van der Waals surface area contributed by atoms with Gasteiger partial charge in [-0.05, 0) is 12.1 Å². The summed E-state index contributed by atoms with van der Waals surface area (Å²) in [5.74, 6) is 5.44. The van der Waals surface area contributed by atoms with Crippen molar-refractivity contribution in [2.75, 3.05) is 12.4 Å². The van der Waals surface area contributed by atoms with Crippen molar-refractivity contribution >= 4 is 32.8 Å². The molecule has 0 aliphatic carbocycles. The Labute approximate surface area is 106 Å². The van der Waals surface area contributed by atoms with Crippen molar-refractivity contribution < 1.29 is 9.53 Å². The number of rotatable bonds is 1. The average Bonchev–Trinajstić information content (AvgIpc) is 2.82. The van der Waals surface area contributed by atoms with E-state index in [9.17, 15) is 4.79 Å². The first-order chi connectivity index (χ1) is 8.26. The van der Waals surface area contributed by atoms with E-state index in [0.29, 0.717) is 10.9 Å². The summed E-state index contributed by atoms with van der Waals surface area (Å²) >= 11 is 3.22. The largest absolute Gasteiger partial charge is 0.465 e. The molecule has 0 saturated heterocycles. The minimum atomic E-state index is -0.390. The van der Waals surface area contributed by atoms with Crippen molar-refractivity contribution in [2.24, 2.45) is 0 Å². The lowest BCUT2D eigenvalue weighted by Crippen LogP contribution is -2.02. The number of H-pyrrole nitrogens is 1. The summed E-state index contributed by atoms with van der Waals surface area (Å²) in [6, 6.07) is 3.56. The second-order valence-corrected chi connectivity index (χ2v) is 3.84. The van der Waals surface area contributed by atoms with Gasteiger partial charge in [0.25, 0.3) is 0 Å². The molecule has 1 heterocycles. The van der Waals surface area contributed by atoms with Crippen LogP contribution in [0.4, 0.5) is 0 Å². The van der Waals surface area contributed by atoms with E-state index in [1.807, 2.05) is 6.07 Å². The molecule has 0 unspecified atom stereocenters. The van der Waals surface area contributed by atoms with Crippen molar-refractivity contribution in [3.63, 3.8) is 0 Å². The maximum atomic E-state index is 11.6. The van der Waals surface area contributed by atoms with Gasteiger partial charge in [0.15, 0.2) is 0 Å². The van der Waals surface area contributed by atoms with Crippen LogP contribution in [0.15, 0.2) is 18.3 Å². The minimum absolute atomic E-state index is 0.390. The maximum absolute atomic E-state index is 11.6. The lowest BCUT2D eigenvalue weighted by atomic mass is 10.1. The number of benzene rings is 1. The van der Waals surface area contributed by atoms with Gasteiger partial charge in [-0.25, -0.2) is 4.79 Å². The number of nitrogens with zero attached hydrogens (tertiary/aromatic N) is 1. The number of carbonyl (C=O) groups is 1. The molecule has 17 heavy (non-hydrogen) atoms. The zero-order valence-electron chi connectivity index (χ0n) is 9.08. The highest BCUT2D eigenvalue weighted by Gasteiger charge is 2.12. The number of methoxy groups -OCH3 is 1. The van der Waals surface area contributed by atoms with Crippen molar-refractivity contribution in [3.05, 3.63) is 29.5 Å². The Morgan fingerprint density at radius 2 is 2.41 bits per heavy atom. The predicted octanol–water partition coefficient (Wildman–Crippen LogP) is 2.10. The van der Waals surface area contributed by atoms with E-state index in [1.165, 1.54) is 7.11 Å². The number of nitrogens with one attached hydrogen (secondary N) is 1. The molecule has 2 rings (SSSR count). The molecule has 0 radical (unpaired) electrons. The molecule has 1 N–H and O–H groups in total. The Hall–Kier alpha value is -1.80. The van der Waals surface area contributed by atoms with Gasteiger partial charge in [0.1, 0.15) is 0 Å². The number of aromatic amines is 1. The van der Waals surface area contributed by atoms with Crippen molar-refractivity contribution in [3.8, 4) is 11.8 Å². The summed E-state index contributed by atoms with van der Waals surface area (Å²) in [5, 5.41) is 8.05. The Kier molecular flexibility index (Phi) is 3.45. The van der Waals surface area contributed by atoms with E-state index < -0.39 is 0 Å². The Morgan fingerprint density at radius 1 is 1.59 bits per heavy atom. The second kappa shape index (κ2) is 5.02. The zero-order valence-corrected chi connectivity index (χ0v) is 10.7. The summed E-state index contributed by atoms with van der Waals surface area (Å²) in [7, 11) is 1.35. The highest BCUT2D eigenvalue weighted by atomic mass is 79.9. The molecule has 0 bridgehead atoms. The monoisotopic (exact) mass is 292 g/mol. The van der Waals surface area contributed by atoms with Gasteiger partial charge in [-0.15, -0.1) is 0 Å². The molecule has 0 atom stereocenters. The van der Waals surface area contributed by atoms with Crippen LogP contribution in [-0.4, -0.2) is 28.6 Å². The van der Waals surface area contributed by atoms with Crippen LogP contribution in [0.2, 0.25) is 0 Å². The summed E-state index contributed by atoms with van der Waals surface area (Å²) in [6.45, 7) is 0. The quantitative estimate of drug-likeness (QED) is 0.497. The van der Waals surface area contributed by atoms with Gasteiger partial charge in [0.2, 0.25) is 0 Å². The zero-order chi connectivity index (χ0) is 12.3. The van der Waals surface area contributed by atoms with Crippen molar-refractivity contribution in [2.45, 2.75) is 0 Å². The van der Waals surface area contributed by atoms with E-state index in [1.54, 1.807) is 12.3 Å². The molecule has 0 saturated carbocycles. The number of carbonyl (C=O) groups excluding carboxylic acids is 1. The molecule has 0 aliphatic heterocycles. The molecule has 0 amide bonds. The minimum Gasteiger partial charge on any atom is -0.465 e. The van der Waals surface area contributed by atoms with E-state index >= 15 is 0 Å². The number of esters is 1. The fourth-order valence-corrected chi connectivity index (χ4v) is 1.68. The second-order valence-electron chi connectivity index (χ2n) is 3.28. The molecule has 0 fully saturated rings. The van der Waals surface area contributed by atoms with E-state index in [4.69, 9.17) is 4.74 Å². The van der Waals surface area contributed by atoms with Crippen LogP contribution in [0.25, 0.3) is 10.9 Å². The fraction of sp³-hybridized carbons (Fsp3) is 0.167. The molecule has 1 aromatic heterocycles. The van der Waals surface area contributed by atoms with Gasteiger partial charge in [-0.2, -0.15) is 5.10 Å². The number of hydrogen-bond acceptors (Lipinski definition) is 3. The molecule has 5 heteroatoms. The summed E-state index contributed by atoms with van der Waals surface area (Å²) in [6.07, 6.45) is 1.60. The normalized spacial score (nSPS) is 9.76. The number of fused-ring (bicyclic) bond motifs is 1. The standard InChI is InChI=1S/C12H9BrN2O2/c1-17-12(16)9-5-8(3-2-4-13)6-11-10(9)7-14-15-11/h5-7H,4H2,1H3,(H,14,15). The summed E-state index contributed by atoms with van der Waals surface area (Å²) in [4.78, 5) is 11.6. The highest BCUT2D eigenvalue weighted by molar-refractivity contribution is 9.09. The topological polar surface area (TPSA) is 55.0 Å². The Bertz CT molecular complexity index is 622. The van der Waals surface area contributed by atoms with Crippen LogP contribution in [0, 0.1) is 11.8 Å². The molecule has 1 aromatic carbocycles. The number of aromatic nitrogens is 2. The third-order valence-corrected chi connectivity index (χ3v) is 2.54. The van der Waals surface area contributed by atoms with Crippen LogP contribution < -0.4 is 0 Å². The molecule has 0 aliphatic rings. The molecule has 0 spiro atoms. The molecular weight excluding hydrogens is 284 g/mol. The van der Waals surface area contributed by atoms with Gasteiger partial charge in [0, 0.05) is 10.9 Å². The first-order valence-corrected chi connectivity index (χ1v) is 5.98. The van der Waals surface area contributed by atoms with Gasteiger partial charge >= 0.3 is 5.97 Å². The van der Waals surface area contributed by atoms with Gasteiger partial charge in [-0.1, -0.05) is 27.8 Å². The Morgan fingerprint density at radius 3 is 3.12 bits per heavy atom. The lowest BCUT2D eigenvalue weighted by molar-refractivity contribution is 0.0603. The summed E-state index contributed by atoms with van der Waals surface area (Å²) < 4.78 is 4.74. The molecule has 4 nitrogen and oxygen atoms in total. The van der Waals surface area contributed by atoms with Crippen LogP contribution >= 0.6 is 15.9 Å². The number of halogens is 1. The van der Waals surface area contributed by atoms with E-state index in [0.717, 1.165) is 16.5 Å². The fourth-order valence-electron chi connectivity index (χ4n) is 1.54. The number of alkyl halides is 1. The average molecular weight is 293 g/mol. The summed E-state index contributed by atoms with van der Waals surface area (Å²) in [5.41, 5.74) is 1.99. The first kappa shape index (κ1) is 11.7. The van der Waals surface area contributed by atoms with Crippen molar-refractivity contribution in [1.29, 1.82) is 0 Å². The number of ether oxygens (including phenoxy) is 1. The van der Waals surface area contributed by atoms with Crippen LogP contribution in [0.5, 0.6) is 0 Å². The third-order valence-electron chi connectivity index (χ3n) is 2.26. The van der Waals surface area contributed by atoms with Crippen molar-refractivity contribution in [1.82, 2.24) is 10.2 Å². The van der Waals surface area contributed by atoms with Crippen LogP contribution in [-0.2, 0) is 4.74 Å². The molecule has 86 valence electrons. The van der Waals surface area contributed by atoms with Crippen LogP contribution in [0.3, 0.4) is 0 Å². The van der Waals surface area contributed by atoms with Gasteiger partial charge in [-0.3, -0.25) is 5.10 Å². The molecular formula is C12H9BrN2O2. The van der Waals surface area contributed by atoms with E-state index in [-0.39, 0.29) is 5.97 Å². The molecule has 2 aromatic rings. The Balaban J connectivity index is 2.62. The SMILES string of the molecule is COC(=O)c1cc(C#CCBr)cc2[nH]ncc12. The van der Waals surface area contributed by atoms with Gasteiger partial charge in [0.05, 0.1) is 29.7 Å². The maximum Gasteiger partial charge on any atom is 0.338 e. The first-order valence-electron chi connectivity index (χ1n) is 4.86. The van der Waals surface area contributed by atoms with E-state index in [2.05, 4.69) is 38.0 Å². The predicted molar refractivity (Wildman–Crippen MR) is 68.1 cm³/mol. The van der Waals surface area contributed by atoms with Gasteiger partial charge < -0.3 is 4.74 Å². The third kappa shape index (κ3) is 2.32. The highest BCUT2D eigenvalue weighted by Crippen LogP contribution is 2.19. The smallest absolute Gasteiger partial charge is 0.338 e. The van der Waals surface area contributed by atoms with Crippen LogP contribution in [0.1, 0.15) is 15.9 Å². The lowest BCUT2D eigenvalue weighted by Gasteiger charge is -2.01.